The maximum atomic E-state index is 11.8. The highest BCUT2D eigenvalue weighted by Gasteiger charge is 2.26. The number of anilines is 1. The number of nitrogens with zero attached hydrogens (tertiary/aromatic N) is 2. The fourth-order valence-corrected chi connectivity index (χ4v) is 2.48. The third kappa shape index (κ3) is 2.69. The Bertz CT molecular complexity index is 455. The van der Waals surface area contributed by atoms with E-state index in [0.29, 0.717) is 10.5 Å². The van der Waals surface area contributed by atoms with Gasteiger partial charge in [-0.3, -0.25) is 4.79 Å². The molecule has 1 fully saturated rings. The molecule has 0 aliphatic heterocycles. The van der Waals surface area contributed by atoms with E-state index < -0.39 is 0 Å². The molecule has 6 heteroatoms. The van der Waals surface area contributed by atoms with Crippen LogP contribution in [-0.2, 0) is 6.54 Å². The number of halogens is 1. The zero-order valence-electron chi connectivity index (χ0n) is 9.69. The maximum absolute atomic E-state index is 11.8. The van der Waals surface area contributed by atoms with Gasteiger partial charge >= 0.3 is 0 Å². The van der Waals surface area contributed by atoms with Gasteiger partial charge in [0.1, 0.15) is 4.47 Å². The van der Waals surface area contributed by atoms with E-state index in [1.807, 2.05) is 0 Å². The van der Waals surface area contributed by atoms with Crippen LogP contribution in [0.4, 0.5) is 5.69 Å². The molecule has 1 heterocycles. The molecule has 0 saturated heterocycles. The summed E-state index contributed by atoms with van der Waals surface area (Å²) in [5.41, 5.74) is 0.525. The van der Waals surface area contributed by atoms with E-state index in [2.05, 4.69) is 33.3 Å². The Morgan fingerprint density at radius 3 is 2.94 bits per heavy atom. The highest BCUT2D eigenvalue weighted by molar-refractivity contribution is 9.10. The van der Waals surface area contributed by atoms with Crippen LogP contribution in [0.5, 0.6) is 0 Å². The van der Waals surface area contributed by atoms with Crippen molar-refractivity contribution in [1.82, 2.24) is 9.78 Å². The summed E-state index contributed by atoms with van der Waals surface area (Å²) in [4.78, 5) is 11.8. The van der Waals surface area contributed by atoms with Crippen molar-refractivity contribution in [2.45, 2.75) is 32.4 Å². The zero-order chi connectivity index (χ0) is 12.4. The minimum Gasteiger partial charge on any atom is -0.394 e. The minimum absolute atomic E-state index is 0.0910. The van der Waals surface area contributed by atoms with Crippen LogP contribution in [0.2, 0.25) is 0 Å². The average Bonchev–Trinajstić information content (AvgIpc) is 2.26. The lowest BCUT2D eigenvalue weighted by molar-refractivity contribution is 0.266. The van der Waals surface area contributed by atoms with Crippen molar-refractivity contribution in [3.05, 3.63) is 21.0 Å². The molecule has 1 aliphatic carbocycles. The summed E-state index contributed by atoms with van der Waals surface area (Å²) in [5, 5.41) is 16.1. The van der Waals surface area contributed by atoms with E-state index in [4.69, 9.17) is 5.11 Å². The summed E-state index contributed by atoms with van der Waals surface area (Å²) in [7, 11) is 0. The molecular formula is C11H16BrN3O2. The molecule has 94 valence electrons. The van der Waals surface area contributed by atoms with Crippen molar-refractivity contribution >= 4 is 21.6 Å². The molecule has 0 amide bonds. The van der Waals surface area contributed by atoms with Crippen LogP contribution in [0.25, 0.3) is 0 Å². The van der Waals surface area contributed by atoms with E-state index in [1.165, 1.54) is 4.68 Å². The molecular weight excluding hydrogens is 286 g/mol. The van der Waals surface area contributed by atoms with Gasteiger partial charge in [0.25, 0.3) is 5.56 Å². The summed E-state index contributed by atoms with van der Waals surface area (Å²) in [5.74, 6) is 0.758. The van der Waals surface area contributed by atoms with Crippen LogP contribution in [0.1, 0.15) is 19.8 Å². The summed E-state index contributed by atoms with van der Waals surface area (Å²) in [6.07, 6.45) is 3.89. The quantitative estimate of drug-likeness (QED) is 0.877. The van der Waals surface area contributed by atoms with Crippen molar-refractivity contribution in [1.29, 1.82) is 0 Å². The molecule has 1 aromatic rings. The first kappa shape index (κ1) is 12.6. The number of aliphatic hydroxyl groups excluding tert-OH is 1. The lowest BCUT2D eigenvalue weighted by atomic mass is 9.82. The van der Waals surface area contributed by atoms with E-state index in [-0.39, 0.29) is 18.7 Å². The predicted octanol–water partition coefficient (Wildman–Crippen LogP) is 1.21. The van der Waals surface area contributed by atoms with Gasteiger partial charge in [-0.05, 0) is 34.7 Å². The summed E-state index contributed by atoms with van der Waals surface area (Å²) in [6, 6.07) is 0.441. The first-order valence-corrected chi connectivity index (χ1v) is 6.54. The fourth-order valence-electron chi connectivity index (χ4n) is 2.06. The van der Waals surface area contributed by atoms with Gasteiger partial charge < -0.3 is 10.4 Å². The van der Waals surface area contributed by atoms with Gasteiger partial charge in [-0.25, -0.2) is 4.68 Å². The Kier molecular flexibility index (Phi) is 3.83. The molecule has 0 radical (unpaired) electrons. The van der Waals surface area contributed by atoms with E-state index in [9.17, 15) is 4.79 Å². The third-order valence-electron chi connectivity index (χ3n) is 3.03. The number of aromatic nitrogens is 2. The van der Waals surface area contributed by atoms with E-state index >= 15 is 0 Å². The van der Waals surface area contributed by atoms with Crippen LogP contribution in [0, 0.1) is 5.92 Å². The van der Waals surface area contributed by atoms with Crippen molar-refractivity contribution in [2.75, 3.05) is 11.9 Å². The molecule has 2 rings (SSSR count). The van der Waals surface area contributed by atoms with E-state index in [0.717, 1.165) is 24.4 Å². The summed E-state index contributed by atoms with van der Waals surface area (Å²) < 4.78 is 1.74. The number of nitrogens with one attached hydrogen (secondary N) is 1. The zero-order valence-corrected chi connectivity index (χ0v) is 11.3. The van der Waals surface area contributed by atoms with Gasteiger partial charge in [-0.15, -0.1) is 0 Å². The van der Waals surface area contributed by atoms with Gasteiger partial charge in [0, 0.05) is 6.04 Å². The fraction of sp³-hybridized carbons (Fsp3) is 0.636. The summed E-state index contributed by atoms with van der Waals surface area (Å²) in [6.45, 7) is 2.34. The Hall–Kier alpha value is -0.880. The predicted molar refractivity (Wildman–Crippen MR) is 69.1 cm³/mol. The average molecular weight is 302 g/mol. The molecule has 2 N–H and O–H groups in total. The molecule has 0 atom stereocenters. The van der Waals surface area contributed by atoms with Gasteiger partial charge in [0.2, 0.25) is 0 Å². The molecule has 17 heavy (non-hydrogen) atoms. The summed E-state index contributed by atoms with van der Waals surface area (Å²) >= 11 is 3.28. The van der Waals surface area contributed by atoms with Crippen LogP contribution >= 0.6 is 15.9 Å². The molecule has 5 nitrogen and oxygen atoms in total. The minimum atomic E-state index is -0.212. The molecule has 0 bridgehead atoms. The topological polar surface area (TPSA) is 67.2 Å². The molecule has 1 saturated carbocycles. The molecule has 0 spiro atoms. The van der Waals surface area contributed by atoms with Gasteiger partial charge in [0.05, 0.1) is 25.0 Å². The number of hydrogen-bond acceptors (Lipinski definition) is 4. The van der Waals surface area contributed by atoms with Gasteiger partial charge in [-0.1, -0.05) is 6.92 Å². The van der Waals surface area contributed by atoms with Crippen molar-refractivity contribution in [3.8, 4) is 0 Å². The van der Waals surface area contributed by atoms with Crippen molar-refractivity contribution in [3.63, 3.8) is 0 Å². The van der Waals surface area contributed by atoms with Crippen LogP contribution in [-0.4, -0.2) is 27.5 Å². The standard InChI is InChI=1S/C11H16BrN3O2/c1-7-4-8(5-7)14-9-6-13-15(2-3-16)11(17)10(9)12/h6-8,14,16H,2-5H2,1H3. The highest BCUT2D eigenvalue weighted by Crippen LogP contribution is 2.30. The number of hydrogen-bond donors (Lipinski definition) is 2. The number of aliphatic hydroxyl groups is 1. The number of rotatable bonds is 4. The molecule has 0 aromatic carbocycles. The monoisotopic (exact) mass is 301 g/mol. The first-order chi connectivity index (χ1) is 8.11. The van der Waals surface area contributed by atoms with Crippen LogP contribution < -0.4 is 10.9 Å². The Labute approximate surface area is 108 Å². The molecule has 1 aliphatic rings. The Morgan fingerprint density at radius 1 is 1.65 bits per heavy atom. The normalized spacial score (nSPS) is 23.2. The highest BCUT2D eigenvalue weighted by atomic mass is 79.9. The van der Waals surface area contributed by atoms with Crippen molar-refractivity contribution in [2.24, 2.45) is 5.92 Å². The smallest absolute Gasteiger partial charge is 0.283 e. The lowest BCUT2D eigenvalue weighted by Gasteiger charge is -2.34. The molecule has 1 aromatic heterocycles. The SMILES string of the molecule is CC1CC(Nc2cnn(CCO)c(=O)c2Br)C1. The van der Waals surface area contributed by atoms with Gasteiger partial charge in [0.15, 0.2) is 0 Å². The van der Waals surface area contributed by atoms with E-state index in [1.54, 1.807) is 6.20 Å². The third-order valence-corrected chi connectivity index (χ3v) is 3.80. The second-order valence-corrected chi connectivity index (χ2v) is 5.33. The van der Waals surface area contributed by atoms with Crippen LogP contribution in [0.15, 0.2) is 15.5 Å². The Morgan fingerprint density at radius 2 is 2.35 bits per heavy atom. The van der Waals surface area contributed by atoms with Crippen molar-refractivity contribution < 1.29 is 5.11 Å². The second-order valence-electron chi connectivity index (χ2n) is 4.54. The second kappa shape index (κ2) is 5.18. The van der Waals surface area contributed by atoms with Crippen LogP contribution in [0.3, 0.4) is 0 Å². The largest absolute Gasteiger partial charge is 0.394 e. The molecule has 0 unspecified atom stereocenters. The Balaban J connectivity index is 2.13. The first-order valence-electron chi connectivity index (χ1n) is 5.75. The maximum Gasteiger partial charge on any atom is 0.283 e. The lowest BCUT2D eigenvalue weighted by Crippen LogP contribution is -2.35. The van der Waals surface area contributed by atoms with Gasteiger partial charge in [-0.2, -0.15) is 5.10 Å².